The molecule has 6 nitrogen and oxygen atoms in total. The molecule has 0 radical (unpaired) electrons. The van der Waals surface area contributed by atoms with Gasteiger partial charge in [0.1, 0.15) is 6.10 Å². The first-order valence-corrected chi connectivity index (χ1v) is 8.98. The van der Waals surface area contributed by atoms with Crippen molar-refractivity contribution >= 4 is 16.7 Å². The fraction of sp³-hybridized carbons (Fsp3) is 0.350. The summed E-state index contributed by atoms with van der Waals surface area (Å²) in [6.45, 7) is 2.16. The van der Waals surface area contributed by atoms with E-state index in [4.69, 9.17) is 14.5 Å². The largest absolute Gasteiger partial charge is 0.474 e. The summed E-state index contributed by atoms with van der Waals surface area (Å²) in [6.07, 6.45) is 5.61. The summed E-state index contributed by atoms with van der Waals surface area (Å²) in [6, 6.07) is 8.29. The van der Waals surface area contributed by atoms with E-state index in [1.54, 1.807) is 0 Å². The first-order chi connectivity index (χ1) is 12.8. The fourth-order valence-electron chi connectivity index (χ4n) is 3.66. The molecule has 0 atom stereocenters. The summed E-state index contributed by atoms with van der Waals surface area (Å²) >= 11 is 0. The Kier molecular flexibility index (Phi) is 3.71. The molecule has 26 heavy (non-hydrogen) atoms. The van der Waals surface area contributed by atoms with E-state index in [0.717, 1.165) is 53.9 Å². The van der Waals surface area contributed by atoms with E-state index in [1.165, 1.54) is 5.56 Å². The van der Waals surface area contributed by atoms with Crippen LogP contribution in [0.25, 0.3) is 11.0 Å². The normalized spacial score (nSPS) is 17.3. The highest BCUT2D eigenvalue weighted by atomic mass is 16.5. The summed E-state index contributed by atoms with van der Waals surface area (Å²) in [7, 11) is 2.00. The Morgan fingerprint density at radius 1 is 1.15 bits per heavy atom. The van der Waals surface area contributed by atoms with Crippen LogP contribution in [0, 0.1) is 0 Å². The molecule has 2 aromatic heterocycles. The smallest absolute Gasteiger partial charge is 0.223 e. The number of aryl methyl sites for hydroxylation is 1. The second kappa shape index (κ2) is 6.21. The van der Waals surface area contributed by atoms with Crippen LogP contribution in [0.3, 0.4) is 0 Å². The van der Waals surface area contributed by atoms with Crippen molar-refractivity contribution in [2.75, 3.05) is 13.2 Å². The minimum Gasteiger partial charge on any atom is -0.474 e. The van der Waals surface area contributed by atoms with E-state index >= 15 is 0 Å². The molecule has 0 spiro atoms. The van der Waals surface area contributed by atoms with Crippen LogP contribution in [-0.2, 0) is 18.3 Å². The average molecular weight is 348 g/mol. The van der Waals surface area contributed by atoms with Crippen molar-refractivity contribution in [1.82, 2.24) is 14.5 Å². The Balaban J connectivity index is 1.54. The van der Waals surface area contributed by atoms with Crippen LogP contribution in [0.5, 0.6) is 5.88 Å². The Hall–Kier alpha value is -2.73. The Morgan fingerprint density at radius 2 is 2.04 bits per heavy atom. The van der Waals surface area contributed by atoms with E-state index in [2.05, 4.69) is 22.1 Å². The maximum atomic E-state index is 6.26. The summed E-state index contributed by atoms with van der Waals surface area (Å²) in [5, 5.41) is 0. The Morgan fingerprint density at radius 3 is 2.92 bits per heavy atom. The average Bonchev–Trinajstić information content (AvgIpc) is 3.27. The molecular weight excluding hydrogens is 328 g/mol. The minimum atomic E-state index is 0.157. The van der Waals surface area contributed by atoms with Gasteiger partial charge in [0.05, 0.1) is 48.4 Å². The fourth-order valence-corrected chi connectivity index (χ4v) is 3.66. The molecule has 0 amide bonds. The molecule has 6 heteroatoms. The number of pyridine rings is 1. The number of rotatable bonds is 3. The predicted molar refractivity (Wildman–Crippen MR) is 98.8 cm³/mol. The Labute approximate surface area is 151 Å². The molecule has 1 aromatic carbocycles. The SMILES string of the molecule is Cn1cnc2ccc(C3=NCc4ccnc(OC5CCOCC5)c43)cc21. The highest BCUT2D eigenvalue weighted by Crippen LogP contribution is 2.31. The van der Waals surface area contributed by atoms with Gasteiger partial charge in [-0.3, -0.25) is 4.99 Å². The van der Waals surface area contributed by atoms with Crippen molar-refractivity contribution in [3.05, 3.63) is 53.5 Å². The number of hydrogen-bond donors (Lipinski definition) is 0. The number of ether oxygens (including phenoxy) is 2. The zero-order chi connectivity index (χ0) is 17.5. The number of aliphatic imine (C=N–C) groups is 1. The zero-order valence-corrected chi connectivity index (χ0v) is 14.7. The number of benzene rings is 1. The molecular formula is C20H20N4O2. The minimum absolute atomic E-state index is 0.157. The lowest BCUT2D eigenvalue weighted by Crippen LogP contribution is -2.27. The van der Waals surface area contributed by atoms with Gasteiger partial charge in [-0.15, -0.1) is 0 Å². The summed E-state index contributed by atoms with van der Waals surface area (Å²) in [5.74, 6) is 0.691. The zero-order valence-electron chi connectivity index (χ0n) is 14.7. The van der Waals surface area contributed by atoms with E-state index in [9.17, 15) is 0 Å². The van der Waals surface area contributed by atoms with Crippen molar-refractivity contribution in [3.63, 3.8) is 0 Å². The molecule has 5 rings (SSSR count). The molecule has 1 fully saturated rings. The van der Waals surface area contributed by atoms with Crippen LogP contribution < -0.4 is 4.74 Å². The lowest BCUT2D eigenvalue weighted by atomic mass is 10.0. The van der Waals surface area contributed by atoms with Gasteiger partial charge < -0.3 is 14.0 Å². The van der Waals surface area contributed by atoms with Gasteiger partial charge in [-0.05, 0) is 23.8 Å². The lowest BCUT2D eigenvalue weighted by Gasteiger charge is -2.24. The first-order valence-electron chi connectivity index (χ1n) is 8.98. The van der Waals surface area contributed by atoms with Gasteiger partial charge in [-0.25, -0.2) is 9.97 Å². The van der Waals surface area contributed by atoms with Gasteiger partial charge in [0.25, 0.3) is 0 Å². The topological polar surface area (TPSA) is 61.5 Å². The number of imidazole rings is 1. The van der Waals surface area contributed by atoms with E-state index in [1.807, 2.05) is 36.3 Å². The molecule has 132 valence electrons. The molecule has 2 aliphatic heterocycles. The quantitative estimate of drug-likeness (QED) is 0.730. The maximum Gasteiger partial charge on any atom is 0.223 e. The summed E-state index contributed by atoms with van der Waals surface area (Å²) in [4.78, 5) is 13.7. The van der Waals surface area contributed by atoms with Gasteiger partial charge in [-0.1, -0.05) is 6.07 Å². The second-order valence-corrected chi connectivity index (χ2v) is 6.80. The van der Waals surface area contributed by atoms with Gasteiger partial charge >= 0.3 is 0 Å². The predicted octanol–water partition coefficient (Wildman–Crippen LogP) is 2.88. The third-order valence-electron chi connectivity index (χ3n) is 5.09. The van der Waals surface area contributed by atoms with Crippen LogP contribution in [-0.4, -0.2) is 39.6 Å². The standard InChI is InChI=1S/C20H20N4O2/c1-24-12-23-16-3-2-13(10-17(16)24)19-18-14(11-22-19)4-7-21-20(18)26-15-5-8-25-9-6-15/h2-4,7,10,12,15H,5-6,8-9,11H2,1H3. The molecule has 0 unspecified atom stereocenters. The molecule has 0 N–H and O–H groups in total. The van der Waals surface area contributed by atoms with Crippen molar-refractivity contribution in [2.45, 2.75) is 25.5 Å². The van der Waals surface area contributed by atoms with Gasteiger partial charge in [0, 0.05) is 31.6 Å². The number of nitrogens with zero attached hydrogens (tertiary/aromatic N) is 4. The maximum absolute atomic E-state index is 6.26. The Bertz CT molecular complexity index is 1000. The van der Waals surface area contributed by atoms with Crippen LogP contribution in [0.4, 0.5) is 0 Å². The van der Waals surface area contributed by atoms with E-state index in [0.29, 0.717) is 12.4 Å². The van der Waals surface area contributed by atoms with E-state index < -0.39 is 0 Å². The molecule has 0 aliphatic carbocycles. The molecule has 2 aliphatic rings. The number of fused-ring (bicyclic) bond motifs is 2. The summed E-state index contributed by atoms with van der Waals surface area (Å²) in [5.41, 5.74) is 6.31. The lowest BCUT2D eigenvalue weighted by molar-refractivity contribution is 0.0236. The van der Waals surface area contributed by atoms with Crippen LogP contribution in [0.15, 0.2) is 41.8 Å². The molecule has 4 heterocycles. The highest BCUT2D eigenvalue weighted by Gasteiger charge is 2.26. The number of aromatic nitrogens is 3. The van der Waals surface area contributed by atoms with E-state index in [-0.39, 0.29) is 6.10 Å². The number of hydrogen-bond acceptors (Lipinski definition) is 5. The molecule has 0 bridgehead atoms. The molecule has 3 aromatic rings. The molecule has 1 saturated heterocycles. The monoisotopic (exact) mass is 348 g/mol. The van der Waals surface area contributed by atoms with Gasteiger partial charge in [0.2, 0.25) is 5.88 Å². The van der Waals surface area contributed by atoms with Crippen LogP contribution >= 0.6 is 0 Å². The van der Waals surface area contributed by atoms with Gasteiger partial charge in [0.15, 0.2) is 0 Å². The highest BCUT2D eigenvalue weighted by molar-refractivity contribution is 6.17. The van der Waals surface area contributed by atoms with Crippen molar-refractivity contribution in [2.24, 2.45) is 12.0 Å². The second-order valence-electron chi connectivity index (χ2n) is 6.80. The van der Waals surface area contributed by atoms with Crippen LogP contribution in [0.1, 0.15) is 29.5 Å². The third-order valence-corrected chi connectivity index (χ3v) is 5.09. The van der Waals surface area contributed by atoms with Crippen molar-refractivity contribution < 1.29 is 9.47 Å². The van der Waals surface area contributed by atoms with Crippen molar-refractivity contribution in [1.29, 1.82) is 0 Å². The molecule has 0 saturated carbocycles. The third kappa shape index (κ3) is 2.57. The van der Waals surface area contributed by atoms with Crippen LogP contribution in [0.2, 0.25) is 0 Å². The first kappa shape index (κ1) is 15.5. The van der Waals surface area contributed by atoms with Gasteiger partial charge in [-0.2, -0.15) is 0 Å². The summed E-state index contributed by atoms with van der Waals surface area (Å²) < 4.78 is 13.7. The van der Waals surface area contributed by atoms with Crippen molar-refractivity contribution in [3.8, 4) is 5.88 Å².